The molecule has 0 N–H and O–H groups in total. The van der Waals surface area contributed by atoms with Crippen LogP contribution in [0.25, 0.3) is 44.6 Å². The first-order valence-corrected chi connectivity index (χ1v) is 10.5. The van der Waals surface area contributed by atoms with Gasteiger partial charge in [-0.2, -0.15) is 8.75 Å². The third-order valence-corrected chi connectivity index (χ3v) is 6.34. The van der Waals surface area contributed by atoms with Crippen LogP contribution < -0.4 is 0 Å². The number of hydrogen-bond acceptors (Lipinski definition) is 5. The molecule has 2 heterocycles. The van der Waals surface area contributed by atoms with Crippen LogP contribution in [0.5, 0.6) is 0 Å². The Morgan fingerprint density at radius 1 is 0.556 bits per heavy atom. The fourth-order valence-electron chi connectivity index (χ4n) is 3.04. The van der Waals surface area contributed by atoms with E-state index in [1.807, 2.05) is 60.7 Å². The van der Waals surface area contributed by atoms with Gasteiger partial charge in [0.2, 0.25) is 0 Å². The van der Waals surface area contributed by atoms with Crippen molar-refractivity contribution in [1.82, 2.24) is 18.7 Å². The number of halogens is 2. The molecule has 0 saturated heterocycles. The maximum Gasteiger partial charge on any atom is 0.122 e. The van der Waals surface area contributed by atoms with E-state index in [1.54, 1.807) is 0 Å². The lowest BCUT2D eigenvalue weighted by Gasteiger charge is -2.12. The first-order chi connectivity index (χ1) is 13.2. The van der Waals surface area contributed by atoms with Gasteiger partial charge in [-0.3, -0.25) is 0 Å². The SMILES string of the molecule is Brc1c2nsnc2c(Br)c2nc(-c3ccccc3)c(-c3ccccc3)nc12. The normalized spacial score (nSPS) is 11.3. The van der Waals surface area contributed by atoms with Gasteiger partial charge in [0.15, 0.2) is 0 Å². The molecule has 130 valence electrons. The Balaban J connectivity index is 1.94. The molecular formula is C20H10Br2N4S. The Hall–Kier alpha value is -2.22. The smallest absolute Gasteiger partial charge is 0.122 e. The van der Waals surface area contributed by atoms with Crippen molar-refractivity contribution in [2.75, 3.05) is 0 Å². The van der Waals surface area contributed by atoms with Gasteiger partial charge in [-0.05, 0) is 31.9 Å². The molecule has 0 spiro atoms. The number of nitrogens with zero attached hydrogens (tertiary/aromatic N) is 4. The van der Waals surface area contributed by atoms with Gasteiger partial charge in [0.25, 0.3) is 0 Å². The predicted octanol–water partition coefficient (Wildman–Crippen LogP) is 6.49. The zero-order valence-corrected chi connectivity index (χ0v) is 17.7. The van der Waals surface area contributed by atoms with Crippen LogP contribution in [0.2, 0.25) is 0 Å². The number of aromatic nitrogens is 4. The highest BCUT2D eigenvalue weighted by Gasteiger charge is 2.20. The molecule has 7 heteroatoms. The lowest BCUT2D eigenvalue weighted by atomic mass is 10.0. The van der Waals surface area contributed by atoms with E-state index in [-0.39, 0.29) is 0 Å². The number of rotatable bonds is 2. The van der Waals surface area contributed by atoms with Crippen molar-refractivity contribution in [3.8, 4) is 22.5 Å². The van der Waals surface area contributed by atoms with Crippen LogP contribution in [0.4, 0.5) is 0 Å². The van der Waals surface area contributed by atoms with E-state index in [9.17, 15) is 0 Å². The molecule has 0 aliphatic carbocycles. The average Bonchev–Trinajstić information content (AvgIpc) is 3.23. The zero-order valence-electron chi connectivity index (χ0n) is 13.7. The topological polar surface area (TPSA) is 51.6 Å². The molecule has 4 nitrogen and oxygen atoms in total. The van der Waals surface area contributed by atoms with Gasteiger partial charge in [0.05, 0.1) is 32.1 Å². The molecule has 27 heavy (non-hydrogen) atoms. The zero-order chi connectivity index (χ0) is 18.4. The van der Waals surface area contributed by atoms with E-state index in [2.05, 4.69) is 40.6 Å². The lowest BCUT2D eigenvalue weighted by Crippen LogP contribution is -1.97. The van der Waals surface area contributed by atoms with Crippen molar-refractivity contribution in [2.45, 2.75) is 0 Å². The van der Waals surface area contributed by atoms with Crippen LogP contribution in [0.15, 0.2) is 69.6 Å². The Labute approximate surface area is 175 Å². The van der Waals surface area contributed by atoms with Gasteiger partial charge in [0.1, 0.15) is 22.1 Å². The monoisotopic (exact) mass is 496 g/mol. The molecule has 5 aromatic rings. The largest absolute Gasteiger partial charge is 0.243 e. The molecule has 0 radical (unpaired) electrons. The summed E-state index contributed by atoms with van der Waals surface area (Å²) < 4.78 is 10.4. The van der Waals surface area contributed by atoms with Gasteiger partial charge in [-0.25, -0.2) is 9.97 Å². The van der Waals surface area contributed by atoms with E-state index >= 15 is 0 Å². The molecule has 0 fully saturated rings. The van der Waals surface area contributed by atoms with E-state index in [0.717, 1.165) is 53.5 Å². The van der Waals surface area contributed by atoms with Crippen molar-refractivity contribution in [3.63, 3.8) is 0 Å². The minimum absolute atomic E-state index is 0.764. The van der Waals surface area contributed by atoms with E-state index in [4.69, 9.17) is 9.97 Å². The fourth-order valence-corrected chi connectivity index (χ4v) is 4.94. The van der Waals surface area contributed by atoms with Crippen LogP contribution in [0.3, 0.4) is 0 Å². The van der Waals surface area contributed by atoms with Crippen LogP contribution in [-0.2, 0) is 0 Å². The van der Waals surface area contributed by atoms with Crippen molar-refractivity contribution in [2.24, 2.45) is 0 Å². The molecule has 0 unspecified atom stereocenters. The summed E-state index contributed by atoms with van der Waals surface area (Å²) >= 11 is 8.51. The summed E-state index contributed by atoms with van der Waals surface area (Å²) in [6, 6.07) is 20.2. The van der Waals surface area contributed by atoms with Crippen molar-refractivity contribution < 1.29 is 0 Å². The molecule has 5 rings (SSSR count). The second kappa shape index (κ2) is 6.74. The highest BCUT2D eigenvalue weighted by Crippen LogP contribution is 2.39. The van der Waals surface area contributed by atoms with Gasteiger partial charge in [-0.1, -0.05) is 60.7 Å². The third kappa shape index (κ3) is 2.77. The standard InChI is InChI=1S/C20H10Br2N4S/c21-13-17-18(14(22)20-19(13)25-27-26-20)24-16(12-9-5-2-6-10-12)15(23-17)11-7-3-1-4-8-11/h1-10H. The Morgan fingerprint density at radius 3 is 1.37 bits per heavy atom. The van der Waals surface area contributed by atoms with Crippen LogP contribution >= 0.6 is 43.6 Å². The van der Waals surface area contributed by atoms with Gasteiger partial charge >= 0.3 is 0 Å². The maximum absolute atomic E-state index is 5.01. The summed E-state index contributed by atoms with van der Waals surface area (Å²) in [5.74, 6) is 0. The van der Waals surface area contributed by atoms with Crippen molar-refractivity contribution in [1.29, 1.82) is 0 Å². The summed E-state index contributed by atoms with van der Waals surface area (Å²) in [7, 11) is 0. The molecule has 0 aliphatic rings. The summed E-state index contributed by atoms with van der Waals surface area (Å²) in [6.07, 6.45) is 0. The van der Waals surface area contributed by atoms with E-state index in [1.165, 1.54) is 11.7 Å². The molecule has 0 atom stereocenters. The first-order valence-electron chi connectivity index (χ1n) is 8.16. The van der Waals surface area contributed by atoms with Crippen LogP contribution in [0.1, 0.15) is 0 Å². The fraction of sp³-hybridized carbons (Fsp3) is 0. The van der Waals surface area contributed by atoms with Crippen molar-refractivity contribution >= 4 is 65.7 Å². The molecule has 2 aromatic heterocycles. The molecule has 3 aromatic carbocycles. The summed E-state index contributed by atoms with van der Waals surface area (Å²) in [5, 5.41) is 0. The molecule has 0 aliphatic heterocycles. The van der Waals surface area contributed by atoms with Gasteiger partial charge < -0.3 is 0 Å². The van der Waals surface area contributed by atoms with Crippen LogP contribution in [0, 0.1) is 0 Å². The maximum atomic E-state index is 5.01. The van der Waals surface area contributed by atoms with Crippen molar-refractivity contribution in [3.05, 3.63) is 69.6 Å². The van der Waals surface area contributed by atoms with E-state index < -0.39 is 0 Å². The summed E-state index contributed by atoms with van der Waals surface area (Å²) in [6.45, 7) is 0. The Bertz CT molecular complexity index is 1190. The van der Waals surface area contributed by atoms with Gasteiger partial charge in [0, 0.05) is 11.1 Å². The average molecular weight is 498 g/mol. The first kappa shape index (κ1) is 16.9. The number of fused-ring (bicyclic) bond motifs is 2. The molecule has 0 bridgehead atoms. The summed E-state index contributed by atoms with van der Waals surface area (Å²) in [5.41, 5.74) is 6.82. The molecule has 0 saturated carbocycles. The van der Waals surface area contributed by atoms with E-state index in [0.29, 0.717) is 0 Å². The lowest BCUT2D eigenvalue weighted by molar-refractivity contribution is 1.28. The van der Waals surface area contributed by atoms with Gasteiger partial charge in [-0.15, -0.1) is 0 Å². The minimum Gasteiger partial charge on any atom is -0.243 e. The molecule has 0 amide bonds. The number of hydrogen-bond donors (Lipinski definition) is 0. The quantitative estimate of drug-likeness (QED) is 0.279. The molecular weight excluding hydrogens is 488 g/mol. The summed E-state index contributed by atoms with van der Waals surface area (Å²) in [4.78, 5) is 10.0. The minimum atomic E-state index is 0.764. The highest BCUT2D eigenvalue weighted by atomic mass is 79.9. The van der Waals surface area contributed by atoms with Crippen LogP contribution in [-0.4, -0.2) is 18.7 Å². The number of benzene rings is 3. The Kier molecular flexibility index (Phi) is 4.22. The predicted molar refractivity (Wildman–Crippen MR) is 117 cm³/mol. The third-order valence-electron chi connectivity index (χ3n) is 4.31. The highest BCUT2D eigenvalue weighted by molar-refractivity contribution is 9.11. The second-order valence-corrected chi connectivity index (χ2v) is 8.05. The second-order valence-electron chi connectivity index (χ2n) is 5.94. The Morgan fingerprint density at radius 2 is 0.963 bits per heavy atom.